The van der Waals surface area contributed by atoms with Crippen molar-refractivity contribution in [1.82, 2.24) is 15.1 Å². The highest BCUT2D eigenvalue weighted by atomic mass is 32.1. The average molecular weight is 307 g/mol. The van der Waals surface area contributed by atoms with Crippen molar-refractivity contribution in [3.05, 3.63) is 21.9 Å². The predicted molar refractivity (Wildman–Crippen MR) is 86.6 cm³/mol. The van der Waals surface area contributed by atoms with Crippen LogP contribution >= 0.6 is 11.3 Å². The van der Waals surface area contributed by atoms with Gasteiger partial charge in [-0.15, -0.1) is 11.3 Å². The number of nitrogens with zero attached hydrogens (tertiary/aromatic N) is 2. The lowest BCUT2D eigenvalue weighted by molar-refractivity contribution is -0.133. The van der Waals surface area contributed by atoms with Crippen molar-refractivity contribution >= 4 is 17.2 Å². The molecule has 1 N–H and O–H groups in total. The third-order valence-corrected chi connectivity index (χ3v) is 5.74. The van der Waals surface area contributed by atoms with Gasteiger partial charge < -0.3 is 10.2 Å². The van der Waals surface area contributed by atoms with Gasteiger partial charge in [0.2, 0.25) is 5.91 Å². The number of carbonyl (C=O) groups is 1. The summed E-state index contributed by atoms with van der Waals surface area (Å²) in [6, 6.07) is 2.71. The summed E-state index contributed by atoms with van der Waals surface area (Å²) in [6.45, 7) is 4.44. The molecule has 0 spiro atoms. The molecule has 0 aromatic carbocycles. The van der Waals surface area contributed by atoms with Crippen molar-refractivity contribution in [1.29, 1.82) is 0 Å². The van der Waals surface area contributed by atoms with Gasteiger partial charge in [-0.1, -0.05) is 0 Å². The number of likely N-dealkylation sites (N-methyl/N-ethyl adjacent to an activating group) is 1. The van der Waals surface area contributed by atoms with E-state index in [1.165, 1.54) is 23.3 Å². The Balaban J connectivity index is 1.54. The Kier molecular flexibility index (Phi) is 4.93. The minimum atomic E-state index is 0.284. The molecule has 4 nitrogen and oxygen atoms in total. The van der Waals surface area contributed by atoms with E-state index in [1.54, 1.807) is 0 Å². The molecule has 3 rings (SSSR count). The van der Waals surface area contributed by atoms with Gasteiger partial charge >= 0.3 is 0 Å². The van der Waals surface area contributed by atoms with Crippen LogP contribution in [0.1, 0.15) is 29.7 Å². The Morgan fingerprint density at radius 2 is 2.38 bits per heavy atom. The van der Waals surface area contributed by atoms with Crippen LogP contribution < -0.4 is 5.32 Å². The summed E-state index contributed by atoms with van der Waals surface area (Å²) in [5.74, 6) is 0.284. The highest BCUT2D eigenvalue weighted by Gasteiger charge is 2.24. The molecular weight excluding hydrogens is 282 g/mol. The first-order valence-corrected chi connectivity index (χ1v) is 8.86. The fourth-order valence-electron chi connectivity index (χ4n) is 3.35. The summed E-state index contributed by atoms with van der Waals surface area (Å²) in [6.07, 6.45) is 4.59. The molecule has 116 valence electrons. The fourth-order valence-corrected chi connectivity index (χ4v) is 4.23. The number of rotatable bonds is 3. The van der Waals surface area contributed by atoms with Gasteiger partial charge in [-0.05, 0) is 62.8 Å². The maximum atomic E-state index is 12.5. The monoisotopic (exact) mass is 307 g/mol. The molecule has 0 aliphatic carbocycles. The first-order chi connectivity index (χ1) is 10.2. The van der Waals surface area contributed by atoms with E-state index < -0.39 is 0 Å². The van der Waals surface area contributed by atoms with E-state index in [2.05, 4.69) is 28.7 Å². The first kappa shape index (κ1) is 15.0. The van der Waals surface area contributed by atoms with Crippen molar-refractivity contribution in [3.63, 3.8) is 0 Å². The normalized spacial score (nSPS) is 23.0. The van der Waals surface area contributed by atoms with Gasteiger partial charge in [0.25, 0.3) is 0 Å². The van der Waals surface area contributed by atoms with Crippen LogP contribution in [0.4, 0.5) is 0 Å². The molecule has 1 fully saturated rings. The van der Waals surface area contributed by atoms with Crippen LogP contribution in [-0.2, 0) is 17.8 Å². The van der Waals surface area contributed by atoms with Crippen LogP contribution in [0.15, 0.2) is 11.4 Å². The molecule has 1 aromatic rings. The zero-order valence-corrected chi connectivity index (χ0v) is 13.6. The maximum absolute atomic E-state index is 12.5. The second kappa shape index (κ2) is 6.90. The summed E-state index contributed by atoms with van der Waals surface area (Å²) in [5, 5.41) is 5.58. The topological polar surface area (TPSA) is 35.6 Å². The van der Waals surface area contributed by atoms with Gasteiger partial charge in [-0.3, -0.25) is 9.69 Å². The molecule has 21 heavy (non-hydrogen) atoms. The molecule has 1 unspecified atom stereocenters. The third kappa shape index (κ3) is 3.65. The number of carbonyl (C=O) groups excluding carboxylic acids is 1. The zero-order valence-electron chi connectivity index (χ0n) is 12.8. The largest absolute Gasteiger partial charge is 0.337 e. The molecule has 0 saturated carbocycles. The Bertz CT molecular complexity index is 480. The third-order valence-electron chi connectivity index (χ3n) is 4.71. The van der Waals surface area contributed by atoms with Crippen molar-refractivity contribution in [2.24, 2.45) is 0 Å². The van der Waals surface area contributed by atoms with Crippen LogP contribution in [0.3, 0.4) is 0 Å². The molecule has 1 amide bonds. The molecule has 1 atom stereocenters. The maximum Gasteiger partial charge on any atom is 0.237 e. The Hall–Kier alpha value is -0.910. The van der Waals surface area contributed by atoms with Crippen LogP contribution in [-0.4, -0.2) is 55.0 Å². The number of hydrogen-bond acceptors (Lipinski definition) is 4. The van der Waals surface area contributed by atoms with E-state index in [0.29, 0.717) is 12.6 Å². The molecule has 5 heteroatoms. The van der Waals surface area contributed by atoms with Crippen LogP contribution in [0.2, 0.25) is 0 Å². The van der Waals surface area contributed by atoms with Crippen LogP contribution in [0.25, 0.3) is 0 Å². The average Bonchev–Trinajstić information content (AvgIpc) is 2.78. The van der Waals surface area contributed by atoms with Gasteiger partial charge in [-0.2, -0.15) is 0 Å². The van der Waals surface area contributed by atoms with Gasteiger partial charge in [0.1, 0.15) is 0 Å². The van der Waals surface area contributed by atoms with Crippen molar-refractivity contribution in [2.45, 2.75) is 38.3 Å². The van der Waals surface area contributed by atoms with Gasteiger partial charge in [0.15, 0.2) is 0 Å². The summed E-state index contributed by atoms with van der Waals surface area (Å²) < 4.78 is 0. The summed E-state index contributed by atoms with van der Waals surface area (Å²) >= 11 is 1.82. The number of amides is 1. The van der Waals surface area contributed by atoms with Gasteiger partial charge in [0, 0.05) is 24.0 Å². The van der Waals surface area contributed by atoms with Crippen LogP contribution in [0, 0.1) is 0 Å². The molecule has 3 heterocycles. The minimum Gasteiger partial charge on any atom is -0.337 e. The molecule has 0 radical (unpaired) electrons. The van der Waals surface area contributed by atoms with Crippen LogP contribution in [0.5, 0.6) is 0 Å². The predicted octanol–water partition coefficient (Wildman–Crippen LogP) is 1.71. The SMILES string of the molecule is CN(CC(=O)N1CCc2sccc2C1)C1CCCNCC1. The second-order valence-electron chi connectivity index (χ2n) is 6.18. The van der Waals surface area contributed by atoms with Crippen molar-refractivity contribution in [2.75, 3.05) is 33.2 Å². The van der Waals surface area contributed by atoms with E-state index >= 15 is 0 Å². The van der Waals surface area contributed by atoms with E-state index in [-0.39, 0.29) is 5.91 Å². The standard InChI is InChI=1S/C16H25N3OS/c1-18(14-3-2-7-17-8-4-14)12-16(20)19-9-5-15-13(11-19)6-10-21-15/h6,10,14,17H,2-5,7-9,11-12H2,1H3. The lowest BCUT2D eigenvalue weighted by Crippen LogP contribution is -2.44. The van der Waals surface area contributed by atoms with E-state index in [4.69, 9.17) is 0 Å². The van der Waals surface area contributed by atoms with Gasteiger partial charge in [-0.25, -0.2) is 0 Å². The lowest BCUT2D eigenvalue weighted by atomic mass is 10.1. The molecule has 1 aromatic heterocycles. The molecule has 2 aliphatic heterocycles. The quantitative estimate of drug-likeness (QED) is 0.923. The Morgan fingerprint density at radius 1 is 1.48 bits per heavy atom. The molecule has 0 bridgehead atoms. The summed E-state index contributed by atoms with van der Waals surface area (Å²) in [5.41, 5.74) is 1.35. The highest BCUT2D eigenvalue weighted by Crippen LogP contribution is 2.24. The fraction of sp³-hybridized carbons (Fsp3) is 0.688. The summed E-state index contributed by atoms with van der Waals surface area (Å²) in [4.78, 5) is 18.3. The number of hydrogen-bond donors (Lipinski definition) is 1. The first-order valence-electron chi connectivity index (χ1n) is 7.98. The lowest BCUT2D eigenvalue weighted by Gasteiger charge is -2.31. The van der Waals surface area contributed by atoms with Gasteiger partial charge in [0.05, 0.1) is 6.54 Å². The molecule has 1 saturated heterocycles. The summed E-state index contributed by atoms with van der Waals surface area (Å²) in [7, 11) is 2.11. The number of nitrogens with one attached hydrogen (secondary N) is 1. The van der Waals surface area contributed by atoms with E-state index in [0.717, 1.165) is 39.0 Å². The minimum absolute atomic E-state index is 0.284. The smallest absolute Gasteiger partial charge is 0.237 e. The van der Waals surface area contributed by atoms with E-state index in [9.17, 15) is 4.79 Å². The second-order valence-corrected chi connectivity index (χ2v) is 7.18. The Labute approximate surface area is 131 Å². The molecular formula is C16H25N3OS. The van der Waals surface area contributed by atoms with Crippen molar-refractivity contribution < 1.29 is 4.79 Å². The zero-order chi connectivity index (χ0) is 14.7. The van der Waals surface area contributed by atoms with Crippen molar-refractivity contribution in [3.8, 4) is 0 Å². The number of thiophene rings is 1. The molecule has 2 aliphatic rings. The van der Waals surface area contributed by atoms with E-state index in [1.807, 2.05) is 16.2 Å². The number of fused-ring (bicyclic) bond motifs is 1. The Morgan fingerprint density at radius 3 is 3.29 bits per heavy atom. The highest BCUT2D eigenvalue weighted by molar-refractivity contribution is 7.10.